The lowest BCUT2D eigenvalue weighted by atomic mass is 10.0. The smallest absolute Gasteiger partial charge is 0.245 e. The van der Waals surface area contributed by atoms with Crippen LogP contribution in [0.2, 0.25) is 0 Å². The molecule has 0 saturated heterocycles. The van der Waals surface area contributed by atoms with Gasteiger partial charge in [0.15, 0.2) is 5.78 Å². The van der Waals surface area contributed by atoms with Gasteiger partial charge >= 0.3 is 0 Å². The molecule has 0 aliphatic heterocycles. The third-order valence-corrected chi connectivity index (χ3v) is 3.75. The van der Waals surface area contributed by atoms with E-state index in [-0.39, 0.29) is 24.2 Å². The van der Waals surface area contributed by atoms with E-state index >= 15 is 0 Å². The molecule has 26 heavy (non-hydrogen) atoms. The number of ether oxygens (including phenoxy) is 1. The molecule has 0 saturated carbocycles. The van der Waals surface area contributed by atoms with Gasteiger partial charge in [-0.2, -0.15) is 0 Å². The van der Waals surface area contributed by atoms with E-state index in [1.807, 2.05) is 18.2 Å². The summed E-state index contributed by atoms with van der Waals surface area (Å²) in [5.74, 6) is -0.676. The summed E-state index contributed by atoms with van der Waals surface area (Å²) < 4.78 is 4.95. The third kappa shape index (κ3) is 5.53. The summed E-state index contributed by atoms with van der Waals surface area (Å²) >= 11 is 0. The number of carbonyl (C=O) groups excluding carboxylic acids is 3. The van der Waals surface area contributed by atoms with Crippen LogP contribution in [0.5, 0.6) is 0 Å². The van der Waals surface area contributed by atoms with Crippen molar-refractivity contribution in [3.05, 3.63) is 71.3 Å². The number of carbonyl (C=O) groups is 3. The summed E-state index contributed by atoms with van der Waals surface area (Å²) in [5.41, 5.74) is 2.06. The van der Waals surface area contributed by atoms with Crippen LogP contribution in [0.1, 0.15) is 28.4 Å². The molecule has 1 atom stereocenters. The second-order valence-corrected chi connectivity index (χ2v) is 5.82. The highest BCUT2D eigenvalue weighted by atomic mass is 16.5. The van der Waals surface area contributed by atoms with Crippen LogP contribution in [0, 0.1) is 0 Å². The van der Waals surface area contributed by atoms with E-state index in [9.17, 15) is 14.4 Å². The molecule has 0 unspecified atom stereocenters. The molecule has 0 aliphatic carbocycles. The number of methoxy groups -OCH3 is 1. The van der Waals surface area contributed by atoms with Crippen molar-refractivity contribution in [1.82, 2.24) is 10.6 Å². The van der Waals surface area contributed by atoms with E-state index in [1.165, 1.54) is 14.0 Å². The minimum absolute atomic E-state index is 0.0491. The first-order chi connectivity index (χ1) is 12.5. The van der Waals surface area contributed by atoms with Crippen molar-refractivity contribution in [3.8, 4) is 0 Å². The van der Waals surface area contributed by atoms with Crippen LogP contribution in [0.15, 0.2) is 54.6 Å². The summed E-state index contributed by atoms with van der Waals surface area (Å²) in [5, 5.41) is 5.29. The number of ketones is 1. The summed E-state index contributed by atoms with van der Waals surface area (Å²) in [4.78, 5) is 35.7. The van der Waals surface area contributed by atoms with Crippen LogP contribution in [0.4, 0.5) is 0 Å². The van der Waals surface area contributed by atoms with Gasteiger partial charge in [0.25, 0.3) is 0 Å². The van der Waals surface area contributed by atoms with Crippen molar-refractivity contribution in [2.24, 2.45) is 0 Å². The van der Waals surface area contributed by atoms with E-state index in [0.717, 1.165) is 5.56 Å². The number of benzene rings is 2. The summed E-state index contributed by atoms with van der Waals surface area (Å²) in [7, 11) is 1.46. The Labute approximate surface area is 152 Å². The van der Waals surface area contributed by atoms with Crippen molar-refractivity contribution in [2.75, 3.05) is 13.7 Å². The number of amides is 2. The average molecular weight is 354 g/mol. The molecule has 2 amide bonds. The maximum Gasteiger partial charge on any atom is 0.245 e. The van der Waals surface area contributed by atoms with E-state index in [1.54, 1.807) is 36.4 Å². The molecule has 0 radical (unpaired) electrons. The molecule has 2 aromatic rings. The zero-order valence-corrected chi connectivity index (χ0v) is 14.8. The maximum absolute atomic E-state index is 12.4. The van der Waals surface area contributed by atoms with Gasteiger partial charge in [0.05, 0.1) is 6.61 Å². The van der Waals surface area contributed by atoms with Crippen molar-refractivity contribution in [3.63, 3.8) is 0 Å². The lowest BCUT2D eigenvalue weighted by Gasteiger charge is -2.16. The van der Waals surface area contributed by atoms with Crippen molar-refractivity contribution in [2.45, 2.75) is 19.5 Å². The lowest BCUT2D eigenvalue weighted by molar-refractivity contribution is -0.129. The molecule has 0 aliphatic rings. The van der Waals surface area contributed by atoms with E-state index < -0.39 is 6.04 Å². The fraction of sp³-hybridized carbons (Fsp3) is 0.250. The van der Waals surface area contributed by atoms with Crippen LogP contribution in [-0.2, 0) is 20.9 Å². The molecule has 0 aromatic heterocycles. The van der Waals surface area contributed by atoms with Gasteiger partial charge in [0, 0.05) is 31.7 Å². The molecule has 136 valence electrons. The molecule has 0 heterocycles. The van der Waals surface area contributed by atoms with Crippen molar-refractivity contribution < 1.29 is 19.1 Å². The molecular weight excluding hydrogens is 332 g/mol. The predicted molar refractivity (Wildman–Crippen MR) is 97.6 cm³/mol. The highest BCUT2D eigenvalue weighted by molar-refractivity contribution is 6.08. The first kappa shape index (κ1) is 19.3. The fourth-order valence-electron chi connectivity index (χ4n) is 2.44. The third-order valence-electron chi connectivity index (χ3n) is 3.75. The van der Waals surface area contributed by atoms with Gasteiger partial charge in [0.1, 0.15) is 6.04 Å². The highest BCUT2D eigenvalue weighted by Crippen LogP contribution is 2.11. The Hall–Kier alpha value is -2.99. The number of hydrogen-bond acceptors (Lipinski definition) is 4. The van der Waals surface area contributed by atoms with E-state index in [4.69, 9.17) is 4.74 Å². The van der Waals surface area contributed by atoms with Crippen LogP contribution >= 0.6 is 0 Å². The van der Waals surface area contributed by atoms with Gasteiger partial charge in [-0.05, 0) is 5.56 Å². The normalized spacial score (nSPS) is 11.5. The Kier molecular flexibility index (Phi) is 7.05. The molecule has 2 aromatic carbocycles. The molecule has 2 N–H and O–H groups in total. The van der Waals surface area contributed by atoms with Gasteiger partial charge in [-0.1, -0.05) is 54.6 Å². The molecule has 0 fully saturated rings. The second kappa shape index (κ2) is 9.48. The molecule has 2 rings (SSSR count). The zero-order chi connectivity index (χ0) is 18.9. The largest absolute Gasteiger partial charge is 0.382 e. The van der Waals surface area contributed by atoms with Gasteiger partial charge in [-0.25, -0.2) is 0 Å². The summed E-state index contributed by atoms with van der Waals surface area (Å²) in [6, 6.07) is 15.4. The lowest BCUT2D eigenvalue weighted by Crippen LogP contribution is -2.48. The molecule has 6 nitrogen and oxygen atoms in total. The summed E-state index contributed by atoms with van der Waals surface area (Å²) in [6.45, 7) is 1.73. The quantitative estimate of drug-likeness (QED) is 0.707. The standard InChI is InChI=1S/C20H22N2O4/c1-14(23)22-18(13-26-2)20(25)21-12-15-8-10-17(11-9-15)19(24)16-6-4-3-5-7-16/h3-11,18H,12-13H2,1-2H3,(H,21,25)(H,22,23)/t18-/m1/s1. The van der Waals surface area contributed by atoms with E-state index in [2.05, 4.69) is 10.6 Å². The molecule has 0 spiro atoms. The van der Waals surface area contributed by atoms with Gasteiger partial charge in [0.2, 0.25) is 11.8 Å². The fourth-order valence-corrected chi connectivity index (χ4v) is 2.44. The number of hydrogen-bond donors (Lipinski definition) is 2. The molecule has 6 heteroatoms. The van der Waals surface area contributed by atoms with E-state index in [0.29, 0.717) is 17.7 Å². The Bertz CT molecular complexity index is 757. The second-order valence-electron chi connectivity index (χ2n) is 5.82. The monoisotopic (exact) mass is 354 g/mol. The first-order valence-corrected chi connectivity index (χ1v) is 8.23. The number of nitrogens with one attached hydrogen (secondary N) is 2. The number of rotatable bonds is 8. The Morgan fingerprint density at radius 3 is 2.15 bits per heavy atom. The van der Waals surface area contributed by atoms with Crippen LogP contribution in [0.25, 0.3) is 0 Å². The average Bonchev–Trinajstić information content (AvgIpc) is 2.66. The van der Waals surface area contributed by atoms with Crippen LogP contribution in [-0.4, -0.2) is 37.4 Å². The van der Waals surface area contributed by atoms with Crippen molar-refractivity contribution in [1.29, 1.82) is 0 Å². The Balaban J connectivity index is 1.95. The Morgan fingerprint density at radius 1 is 0.962 bits per heavy atom. The topological polar surface area (TPSA) is 84.5 Å². The molecular formula is C20H22N2O4. The highest BCUT2D eigenvalue weighted by Gasteiger charge is 2.18. The predicted octanol–water partition coefficient (Wildman–Crippen LogP) is 1.68. The SMILES string of the molecule is COC[C@@H](NC(C)=O)C(=O)NCc1ccc(C(=O)c2ccccc2)cc1. The van der Waals surface area contributed by atoms with Gasteiger partial charge in [-0.3, -0.25) is 14.4 Å². The summed E-state index contributed by atoms with van der Waals surface area (Å²) in [6.07, 6.45) is 0. The minimum Gasteiger partial charge on any atom is -0.382 e. The van der Waals surface area contributed by atoms with Crippen LogP contribution < -0.4 is 10.6 Å². The minimum atomic E-state index is -0.739. The maximum atomic E-state index is 12.4. The van der Waals surface area contributed by atoms with Crippen LogP contribution in [0.3, 0.4) is 0 Å². The Morgan fingerprint density at radius 2 is 1.58 bits per heavy atom. The first-order valence-electron chi connectivity index (χ1n) is 8.23. The molecule has 0 bridgehead atoms. The van der Waals surface area contributed by atoms with Gasteiger partial charge in [-0.15, -0.1) is 0 Å². The van der Waals surface area contributed by atoms with Gasteiger partial charge < -0.3 is 15.4 Å². The zero-order valence-electron chi connectivity index (χ0n) is 14.8. The van der Waals surface area contributed by atoms with Crippen molar-refractivity contribution >= 4 is 17.6 Å².